The van der Waals surface area contributed by atoms with E-state index in [1.807, 2.05) is 18.3 Å². The number of rotatable bonds is 11. The molecule has 214 valence electrons. The summed E-state index contributed by atoms with van der Waals surface area (Å²) in [6.45, 7) is 1.18. The normalized spacial score (nSPS) is 17.3. The van der Waals surface area contributed by atoms with Crippen LogP contribution < -0.4 is 15.4 Å². The van der Waals surface area contributed by atoms with Gasteiger partial charge in [0.25, 0.3) is 6.47 Å². The van der Waals surface area contributed by atoms with Crippen LogP contribution in [0.15, 0.2) is 55.1 Å². The number of pyridine rings is 1. The van der Waals surface area contributed by atoms with Gasteiger partial charge in [0.15, 0.2) is 0 Å². The molecule has 3 heterocycles. The number of anilines is 2. The molecule has 11 nitrogen and oxygen atoms in total. The molecule has 2 saturated carbocycles. The first-order chi connectivity index (χ1) is 20.0. The number of benzene rings is 1. The molecule has 4 aromatic rings. The number of nitrogens with one attached hydrogen (secondary N) is 2. The number of imidazole rings is 1. The summed E-state index contributed by atoms with van der Waals surface area (Å²) in [5, 5.41) is 13.7. The molecule has 2 aliphatic carbocycles. The summed E-state index contributed by atoms with van der Waals surface area (Å²) in [7, 11) is 1.63. The molecule has 2 atom stereocenters. The molecule has 2 fully saturated rings. The highest BCUT2D eigenvalue weighted by atomic mass is 35.5. The fraction of sp³-hybridized carbons (Fsp3) is 0.345. The summed E-state index contributed by atoms with van der Waals surface area (Å²) in [6.07, 6.45) is 8.91. The third-order valence-electron chi connectivity index (χ3n) is 6.99. The molecule has 0 aliphatic heterocycles. The van der Waals surface area contributed by atoms with Crippen molar-refractivity contribution in [2.24, 2.45) is 5.92 Å². The van der Waals surface area contributed by atoms with E-state index >= 15 is 0 Å². The SMILES string of the molecule is COCCOc1ccc(Cl)cc1[C@H]1C[C@@H]1C(=O)Nc1cc(NCc2cn3cc(C4CC4)ccc3n2)ncn1.O=CO. The van der Waals surface area contributed by atoms with E-state index in [4.69, 9.17) is 31.0 Å². The lowest BCUT2D eigenvalue weighted by atomic mass is 10.1. The van der Waals surface area contributed by atoms with Crippen LogP contribution in [0.4, 0.5) is 11.6 Å². The van der Waals surface area contributed by atoms with Gasteiger partial charge < -0.3 is 29.6 Å². The van der Waals surface area contributed by atoms with Gasteiger partial charge in [-0.3, -0.25) is 9.59 Å². The van der Waals surface area contributed by atoms with E-state index in [0.29, 0.717) is 42.3 Å². The lowest BCUT2D eigenvalue weighted by Crippen LogP contribution is -2.16. The van der Waals surface area contributed by atoms with Gasteiger partial charge >= 0.3 is 0 Å². The number of nitrogens with zero attached hydrogens (tertiary/aromatic N) is 4. The maximum Gasteiger partial charge on any atom is 0.290 e. The molecule has 6 rings (SSSR count). The summed E-state index contributed by atoms with van der Waals surface area (Å²) in [5.41, 5.74) is 4.14. The lowest BCUT2D eigenvalue weighted by Gasteiger charge is -2.12. The van der Waals surface area contributed by atoms with Gasteiger partial charge in [0.1, 0.15) is 36.0 Å². The maximum absolute atomic E-state index is 13.0. The molecule has 41 heavy (non-hydrogen) atoms. The number of aromatic nitrogens is 4. The van der Waals surface area contributed by atoms with Crippen LogP contribution in [-0.2, 0) is 20.9 Å². The smallest absolute Gasteiger partial charge is 0.290 e. The van der Waals surface area contributed by atoms with Crippen molar-refractivity contribution < 1.29 is 24.2 Å². The monoisotopic (exact) mass is 578 g/mol. The van der Waals surface area contributed by atoms with Gasteiger partial charge in [0.2, 0.25) is 5.91 Å². The number of fused-ring (bicyclic) bond motifs is 1. The molecule has 12 heteroatoms. The predicted octanol–water partition coefficient (Wildman–Crippen LogP) is 4.74. The fourth-order valence-electron chi connectivity index (χ4n) is 4.73. The second-order valence-corrected chi connectivity index (χ2v) is 10.4. The summed E-state index contributed by atoms with van der Waals surface area (Å²) in [4.78, 5) is 34.6. The van der Waals surface area contributed by atoms with Crippen LogP contribution in [0.3, 0.4) is 0 Å². The highest BCUT2D eigenvalue weighted by molar-refractivity contribution is 6.30. The van der Waals surface area contributed by atoms with Crippen LogP contribution in [0.2, 0.25) is 5.02 Å². The molecule has 0 radical (unpaired) electrons. The fourth-order valence-corrected chi connectivity index (χ4v) is 4.91. The topological polar surface area (TPSA) is 140 Å². The van der Waals surface area contributed by atoms with Gasteiger partial charge in [-0.05, 0) is 66.5 Å². The molecular weight excluding hydrogens is 548 g/mol. The van der Waals surface area contributed by atoms with Gasteiger partial charge in [-0.1, -0.05) is 17.7 Å². The van der Waals surface area contributed by atoms with Crippen LogP contribution in [0, 0.1) is 5.92 Å². The summed E-state index contributed by atoms with van der Waals surface area (Å²) >= 11 is 6.23. The molecule has 0 bridgehead atoms. The van der Waals surface area contributed by atoms with Crippen molar-refractivity contribution >= 4 is 41.3 Å². The van der Waals surface area contributed by atoms with Gasteiger partial charge in [-0.25, -0.2) is 15.0 Å². The highest BCUT2D eigenvalue weighted by Crippen LogP contribution is 2.51. The van der Waals surface area contributed by atoms with E-state index in [1.165, 1.54) is 24.7 Å². The van der Waals surface area contributed by atoms with Gasteiger partial charge in [0.05, 0.1) is 18.8 Å². The summed E-state index contributed by atoms with van der Waals surface area (Å²) in [5.74, 6) is 2.27. The van der Waals surface area contributed by atoms with E-state index in [9.17, 15) is 4.79 Å². The average Bonchev–Trinajstić information content (AvgIpc) is 3.90. The number of halogens is 1. The van der Waals surface area contributed by atoms with Crippen LogP contribution >= 0.6 is 11.6 Å². The number of carbonyl (C=O) groups is 2. The van der Waals surface area contributed by atoms with Crippen molar-refractivity contribution in [3.05, 3.63) is 77.0 Å². The number of carboxylic acid groups (broad SMARTS) is 1. The standard InChI is InChI=1S/C28H29ClN6O3.CH2O2/c1-37-8-9-38-24-6-5-19(29)10-22(24)21-11-23(21)28(36)34-26-12-25(31-16-32-26)30-13-20-15-35-14-18(17-2-3-17)4-7-27(35)33-20;2-1-3/h4-7,10,12,14-17,21,23H,2-3,8-9,11,13H2,1H3,(H2,30,31,32,34,36);1H,(H,2,3)/t21-,23+;/m1./s1. The molecule has 3 N–H and O–H groups in total. The Labute approximate surface area is 241 Å². The van der Waals surface area contributed by atoms with E-state index in [0.717, 1.165) is 29.1 Å². The van der Waals surface area contributed by atoms with Crippen LogP contribution in [0.5, 0.6) is 5.75 Å². The van der Waals surface area contributed by atoms with E-state index < -0.39 is 0 Å². The third kappa shape index (κ3) is 7.30. The van der Waals surface area contributed by atoms with Crippen LogP contribution in [-0.4, -0.2) is 57.2 Å². The molecule has 1 aromatic carbocycles. The number of methoxy groups -OCH3 is 1. The molecule has 0 spiro atoms. The molecule has 0 unspecified atom stereocenters. The lowest BCUT2D eigenvalue weighted by molar-refractivity contribution is -0.123. The van der Waals surface area contributed by atoms with Crippen molar-refractivity contribution in [2.75, 3.05) is 31.0 Å². The Kier molecular flexibility index (Phi) is 8.95. The molecule has 1 amide bonds. The molecule has 3 aromatic heterocycles. The first kappa shape index (κ1) is 28.3. The highest BCUT2D eigenvalue weighted by Gasteiger charge is 2.45. The van der Waals surface area contributed by atoms with Crippen molar-refractivity contribution in [2.45, 2.75) is 37.6 Å². The first-order valence-corrected chi connectivity index (χ1v) is 13.7. The van der Waals surface area contributed by atoms with Crippen molar-refractivity contribution in [3.8, 4) is 5.75 Å². The number of hydrogen-bond acceptors (Lipinski definition) is 8. The Morgan fingerprint density at radius 1 is 1.15 bits per heavy atom. The second kappa shape index (κ2) is 13.0. The summed E-state index contributed by atoms with van der Waals surface area (Å²) < 4.78 is 13.0. The van der Waals surface area contributed by atoms with Gasteiger partial charge in [-0.2, -0.15) is 0 Å². The Morgan fingerprint density at radius 3 is 2.73 bits per heavy atom. The number of carbonyl (C=O) groups excluding carboxylic acids is 1. The van der Waals surface area contributed by atoms with Crippen LogP contribution in [0.1, 0.15) is 47.9 Å². The Hall–Kier alpha value is -4.22. The van der Waals surface area contributed by atoms with Gasteiger partial charge in [-0.15, -0.1) is 0 Å². The van der Waals surface area contributed by atoms with E-state index in [-0.39, 0.29) is 24.2 Å². The average molecular weight is 579 g/mol. The summed E-state index contributed by atoms with van der Waals surface area (Å²) in [6, 6.07) is 11.5. The number of amides is 1. The van der Waals surface area contributed by atoms with Crippen molar-refractivity contribution in [1.29, 1.82) is 0 Å². The number of hydrogen-bond donors (Lipinski definition) is 3. The predicted molar refractivity (Wildman–Crippen MR) is 154 cm³/mol. The van der Waals surface area contributed by atoms with E-state index in [2.05, 4.69) is 48.3 Å². The van der Waals surface area contributed by atoms with Crippen molar-refractivity contribution in [3.63, 3.8) is 0 Å². The minimum absolute atomic E-state index is 0.0427. The number of ether oxygens (including phenoxy) is 2. The molecule has 0 saturated heterocycles. The Morgan fingerprint density at radius 2 is 1.95 bits per heavy atom. The zero-order valence-electron chi connectivity index (χ0n) is 22.5. The van der Waals surface area contributed by atoms with Gasteiger partial charge in [0, 0.05) is 36.5 Å². The Bertz CT molecular complexity index is 1520. The van der Waals surface area contributed by atoms with Crippen molar-refractivity contribution in [1.82, 2.24) is 19.4 Å². The molecule has 2 aliphatic rings. The first-order valence-electron chi connectivity index (χ1n) is 13.3. The quantitative estimate of drug-likeness (QED) is 0.170. The zero-order chi connectivity index (χ0) is 28.8. The largest absolute Gasteiger partial charge is 0.491 e. The van der Waals surface area contributed by atoms with E-state index in [1.54, 1.807) is 19.2 Å². The maximum atomic E-state index is 13.0. The minimum Gasteiger partial charge on any atom is -0.491 e. The minimum atomic E-state index is -0.250. The third-order valence-corrected chi connectivity index (χ3v) is 7.22. The van der Waals surface area contributed by atoms with Crippen LogP contribution in [0.25, 0.3) is 5.65 Å². The zero-order valence-corrected chi connectivity index (χ0v) is 23.3. The molecular formula is C29H31ClN6O5. The Balaban J connectivity index is 0.00000108. The second-order valence-electron chi connectivity index (χ2n) is 9.94.